The van der Waals surface area contributed by atoms with Crippen LogP contribution in [0.25, 0.3) is 0 Å². The topological polar surface area (TPSA) is 36.3 Å². The molecule has 1 aromatic rings. The number of aromatic nitrogens is 2. The van der Waals surface area contributed by atoms with Crippen LogP contribution in [0.5, 0.6) is 5.88 Å². The van der Waals surface area contributed by atoms with E-state index in [1.54, 1.807) is 18.9 Å². The van der Waals surface area contributed by atoms with Gasteiger partial charge in [0.1, 0.15) is 4.60 Å². The summed E-state index contributed by atoms with van der Waals surface area (Å²) in [6, 6.07) is 1.82. The Morgan fingerprint density at radius 1 is 1.58 bits per heavy atom. The van der Waals surface area contributed by atoms with Gasteiger partial charge >= 0.3 is 0 Å². The minimum Gasteiger partial charge on any atom is -0.481 e. The average molecular weight is 235 g/mol. The van der Waals surface area contributed by atoms with Crippen molar-refractivity contribution in [2.24, 2.45) is 0 Å². The van der Waals surface area contributed by atoms with Gasteiger partial charge in [0.2, 0.25) is 5.88 Å². The van der Waals surface area contributed by atoms with E-state index in [0.29, 0.717) is 13.2 Å². The maximum absolute atomic E-state index is 5.08. The molecule has 4 nitrogen and oxygen atoms in total. The number of rotatable bonds is 4. The van der Waals surface area contributed by atoms with Gasteiger partial charge in [-0.3, -0.25) is 0 Å². The number of ether oxygens (including phenoxy) is 2. The van der Waals surface area contributed by atoms with Crippen LogP contribution in [-0.2, 0) is 11.3 Å². The largest absolute Gasteiger partial charge is 0.481 e. The molecule has 0 bridgehead atoms. The Hall–Kier alpha value is -0.550. The Morgan fingerprint density at radius 3 is 2.92 bits per heavy atom. The Bertz CT molecular complexity index is 250. The molecule has 5 heteroatoms. The first-order valence-corrected chi connectivity index (χ1v) is 4.33. The number of methoxy groups -OCH3 is 2. The zero-order chi connectivity index (χ0) is 8.97. The second kappa shape index (κ2) is 4.47. The third-order valence-corrected chi connectivity index (χ3v) is 1.82. The van der Waals surface area contributed by atoms with Gasteiger partial charge in [-0.25, -0.2) is 4.68 Å². The molecule has 68 valence electrons. The number of halogens is 1. The van der Waals surface area contributed by atoms with Crippen LogP contribution in [0.3, 0.4) is 0 Å². The predicted molar refractivity (Wildman–Crippen MR) is 48.4 cm³/mol. The van der Waals surface area contributed by atoms with Gasteiger partial charge in [-0.2, -0.15) is 5.10 Å². The van der Waals surface area contributed by atoms with Crippen LogP contribution in [-0.4, -0.2) is 30.6 Å². The van der Waals surface area contributed by atoms with Crippen molar-refractivity contribution in [3.63, 3.8) is 0 Å². The number of hydrogen-bond acceptors (Lipinski definition) is 3. The lowest BCUT2D eigenvalue weighted by molar-refractivity contribution is 0.179. The molecule has 0 unspecified atom stereocenters. The molecule has 1 heterocycles. The zero-order valence-electron chi connectivity index (χ0n) is 7.08. The second-order valence-corrected chi connectivity index (χ2v) is 3.04. The van der Waals surface area contributed by atoms with Crippen LogP contribution in [0, 0.1) is 0 Å². The molecule has 0 atom stereocenters. The minimum atomic E-state index is 0.629. The third kappa shape index (κ3) is 2.22. The van der Waals surface area contributed by atoms with Crippen LogP contribution in [0.4, 0.5) is 0 Å². The van der Waals surface area contributed by atoms with Crippen molar-refractivity contribution in [2.45, 2.75) is 6.54 Å². The molecule has 0 radical (unpaired) electrons. The fourth-order valence-corrected chi connectivity index (χ4v) is 1.26. The van der Waals surface area contributed by atoms with Gasteiger partial charge in [0.05, 0.1) is 20.3 Å². The summed E-state index contributed by atoms with van der Waals surface area (Å²) in [4.78, 5) is 0. The van der Waals surface area contributed by atoms with Gasteiger partial charge < -0.3 is 9.47 Å². The van der Waals surface area contributed by atoms with Gasteiger partial charge in [0.25, 0.3) is 0 Å². The molecule has 12 heavy (non-hydrogen) atoms. The molecule has 0 N–H and O–H groups in total. The molecular formula is C7H11BrN2O2. The smallest absolute Gasteiger partial charge is 0.212 e. The molecule has 0 fully saturated rings. The van der Waals surface area contributed by atoms with E-state index in [9.17, 15) is 0 Å². The maximum atomic E-state index is 5.08. The standard InChI is InChI=1S/C7H11BrN2O2/c1-11-4-3-10-7(12-2)5-6(8)9-10/h5H,3-4H2,1-2H3. The van der Waals surface area contributed by atoms with Crippen LogP contribution in [0.15, 0.2) is 10.7 Å². The van der Waals surface area contributed by atoms with E-state index in [2.05, 4.69) is 21.0 Å². The van der Waals surface area contributed by atoms with Crippen LogP contribution >= 0.6 is 15.9 Å². The van der Waals surface area contributed by atoms with E-state index >= 15 is 0 Å². The molecule has 0 saturated carbocycles. The predicted octanol–water partition coefficient (Wildman–Crippen LogP) is 1.30. The summed E-state index contributed by atoms with van der Waals surface area (Å²) in [7, 11) is 3.28. The highest BCUT2D eigenvalue weighted by Crippen LogP contribution is 2.16. The quantitative estimate of drug-likeness (QED) is 0.789. The van der Waals surface area contributed by atoms with Gasteiger partial charge in [-0.15, -0.1) is 0 Å². The lowest BCUT2D eigenvalue weighted by atomic mass is 10.6. The zero-order valence-corrected chi connectivity index (χ0v) is 8.67. The van der Waals surface area contributed by atoms with E-state index < -0.39 is 0 Å². The summed E-state index contributed by atoms with van der Waals surface area (Å²) in [5.74, 6) is 0.735. The maximum Gasteiger partial charge on any atom is 0.212 e. The summed E-state index contributed by atoms with van der Waals surface area (Å²) >= 11 is 3.26. The SMILES string of the molecule is COCCn1nc(Br)cc1OC. The van der Waals surface area contributed by atoms with E-state index in [1.165, 1.54) is 0 Å². The van der Waals surface area contributed by atoms with E-state index in [-0.39, 0.29) is 0 Å². The van der Waals surface area contributed by atoms with Crippen molar-refractivity contribution in [3.05, 3.63) is 10.7 Å². The molecule has 1 rings (SSSR count). The molecule has 0 saturated heterocycles. The van der Waals surface area contributed by atoms with Gasteiger partial charge in [-0.05, 0) is 15.9 Å². The van der Waals surface area contributed by atoms with Crippen molar-refractivity contribution in [2.75, 3.05) is 20.8 Å². The van der Waals surface area contributed by atoms with Crippen molar-refractivity contribution in [3.8, 4) is 5.88 Å². The first kappa shape index (κ1) is 9.54. The van der Waals surface area contributed by atoms with E-state index in [1.807, 2.05) is 6.07 Å². The molecule has 0 spiro atoms. The van der Waals surface area contributed by atoms with E-state index in [0.717, 1.165) is 10.5 Å². The van der Waals surface area contributed by atoms with Crippen LogP contribution < -0.4 is 4.74 Å². The Morgan fingerprint density at radius 2 is 2.33 bits per heavy atom. The summed E-state index contributed by atoms with van der Waals surface area (Å²) < 4.78 is 12.5. The molecular weight excluding hydrogens is 224 g/mol. The number of hydrogen-bond donors (Lipinski definition) is 0. The third-order valence-electron chi connectivity index (χ3n) is 1.43. The minimum absolute atomic E-state index is 0.629. The molecule has 0 aromatic carbocycles. The number of nitrogens with zero attached hydrogens (tertiary/aromatic N) is 2. The van der Waals surface area contributed by atoms with Gasteiger partial charge in [0, 0.05) is 13.2 Å². The van der Waals surface area contributed by atoms with Crippen molar-refractivity contribution in [1.82, 2.24) is 9.78 Å². The van der Waals surface area contributed by atoms with Gasteiger partial charge in [0.15, 0.2) is 0 Å². The second-order valence-electron chi connectivity index (χ2n) is 2.23. The van der Waals surface area contributed by atoms with Crippen molar-refractivity contribution < 1.29 is 9.47 Å². The highest BCUT2D eigenvalue weighted by Gasteiger charge is 2.04. The van der Waals surface area contributed by atoms with Crippen LogP contribution in [0.1, 0.15) is 0 Å². The normalized spacial score (nSPS) is 10.2. The van der Waals surface area contributed by atoms with Crippen molar-refractivity contribution >= 4 is 15.9 Å². The highest BCUT2D eigenvalue weighted by atomic mass is 79.9. The molecule has 0 aliphatic heterocycles. The lowest BCUT2D eigenvalue weighted by Crippen LogP contribution is -2.07. The monoisotopic (exact) mass is 234 g/mol. The molecule has 0 aliphatic carbocycles. The fraction of sp³-hybridized carbons (Fsp3) is 0.571. The first-order valence-electron chi connectivity index (χ1n) is 3.54. The molecule has 1 aromatic heterocycles. The Kier molecular flexibility index (Phi) is 3.55. The molecule has 0 aliphatic rings. The molecule has 0 amide bonds. The van der Waals surface area contributed by atoms with Crippen molar-refractivity contribution in [1.29, 1.82) is 0 Å². The fourth-order valence-electron chi connectivity index (χ4n) is 0.872. The van der Waals surface area contributed by atoms with E-state index in [4.69, 9.17) is 9.47 Å². The summed E-state index contributed by atoms with van der Waals surface area (Å²) in [6.07, 6.45) is 0. The Labute approximate surface area is 79.6 Å². The summed E-state index contributed by atoms with van der Waals surface area (Å²) in [6.45, 7) is 1.33. The Balaban J connectivity index is 2.68. The highest BCUT2D eigenvalue weighted by molar-refractivity contribution is 9.10. The lowest BCUT2D eigenvalue weighted by Gasteiger charge is -2.03. The first-order chi connectivity index (χ1) is 5.77. The van der Waals surface area contributed by atoms with Crippen LogP contribution in [0.2, 0.25) is 0 Å². The average Bonchev–Trinajstić information content (AvgIpc) is 2.42. The summed E-state index contributed by atoms with van der Waals surface area (Å²) in [5, 5.41) is 4.15. The summed E-state index contributed by atoms with van der Waals surface area (Å²) in [5.41, 5.74) is 0. The van der Waals surface area contributed by atoms with Gasteiger partial charge in [-0.1, -0.05) is 0 Å².